The second-order valence-electron chi connectivity index (χ2n) is 4.48. The highest BCUT2D eigenvalue weighted by Gasteiger charge is 2.16. The van der Waals surface area contributed by atoms with Crippen LogP contribution in [-0.2, 0) is 9.84 Å². The van der Waals surface area contributed by atoms with Crippen LogP contribution in [0.25, 0.3) is 0 Å². The molecular weight excluding hydrogens is 234 g/mol. The second kappa shape index (κ2) is 5.36. The van der Waals surface area contributed by atoms with Crippen molar-refractivity contribution < 1.29 is 8.42 Å². The molecule has 0 aliphatic heterocycles. The van der Waals surface area contributed by atoms with Gasteiger partial charge in [0.25, 0.3) is 0 Å². The zero-order valence-electron chi connectivity index (χ0n) is 10.7. The van der Waals surface area contributed by atoms with Crippen LogP contribution in [0, 0.1) is 5.92 Å². The molecule has 0 fully saturated rings. The first-order valence-corrected chi connectivity index (χ1v) is 7.09. The molecular formula is C13H19NO2S. The average molecular weight is 253 g/mol. The van der Waals surface area contributed by atoms with Gasteiger partial charge in [-0.15, -0.1) is 0 Å². The van der Waals surface area contributed by atoms with Gasteiger partial charge in [0.1, 0.15) is 0 Å². The van der Waals surface area contributed by atoms with Gasteiger partial charge in [-0.1, -0.05) is 32.1 Å². The Hall–Kier alpha value is -1.29. The molecule has 0 bridgehead atoms. The Balaban J connectivity index is 3.24. The van der Waals surface area contributed by atoms with Crippen molar-refractivity contribution in [1.29, 1.82) is 0 Å². The third kappa shape index (κ3) is 3.60. The quantitative estimate of drug-likeness (QED) is 0.828. The van der Waals surface area contributed by atoms with E-state index in [0.29, 0.717) is 10.6 Å². The summed E-state index contributed by atoms with van der Waals surface area (Å²) >= 11 is 0. The summed E-state index contributed by atoms with van der Waals surface area (Å²) in [5.74, 6) is 0.219. The minimum Gasteiger partial charge on any atom is -0.377 e. The first-order chi connectivity index (χ1) is 7.84. The van der Waals surface area contributed by atoms with Crippen molar-refractivity contribution in [1.82, 2.24) is 0 Å². The van der Waals surface area contributed by atoms with E-state index < -0.39 is 9.84 Å². The number of sulfone groups is 1. The van der Waals surface area contributed by atoms with Gasteiger partial charge >= 0.3 is 0 Å². The van der Waals surface area contributed by atoms with Crippen LogP contribution in [0.15, 0.2) is 40.6 Å². The normalized spacial score (nSPS) is 12.3. The highest BCUT2D eigenvalue weighted by molar-refractivity contribution is 7.94. The number of hydrogen-bond acceptors (Lipinski definition) is 3. The van der Waals surface area contributed by atoms with E-state index in [-0.39, 0.29) is 5.92 Å². The molecule has 1 aromatic carbocycles. The van der Waals surface area contributed by atoms with Gasteiger partial charge in [-0.05, 0) is 18.1 Å². The lowest BCUT2D eigenvalue weighted by atomic mass is 10.2. The highest BCUT2D eigenvalue weighted by atomic mass is 32.2. The van der Waals surface area contributed by atoms with E-state index in [1.165, 1.54) is 5.41 Å². The Labute approximate surface area is 104 Å². The summed E-state index contributed by atoms with van der Waals surface area (Å²) in [6.45, 7) is 3.90. The maximum atomic E-state index is 12.1. The molecule has 0 aromatic heterocycles. The van der Waals surface area contributed by atoms with Crippen molar-refractivity contribution in [2.75, 3.05) is 19.0 Å². The van der Waals surface area contributed by atoms with Crippen LogP contribution >= 0.6 is 0 Å². The van der Waals surface area contributed by atoms with Crippen LogP contribution in [0.1, 0.15) is 13.8 Å². The van der Waals surface area contributed by atoms with E-state index in [2.05, 4.69) is 0 Å². The van der Waals surface area contributed by atoms with Crippen LogP contribution in [0.2, 0.25) is 0 Å². The molecule has 0 aliphatic rings. The molecule has 0 radical (unpaired) electrons. The van der Waals surface area contributed by atoms with Crippen molar-refractivity contribution in [2.45, 2.75) is 18.7 Å². The fourth-order valence-electron chi connectivity index (χ4n) is 1.40. The lowest BCUT2D eigenvalue weighted by molar-refractivity contribution is 0.604. The minimum atomic E-state index is -3.35. The molecule has 4 heteroatoms. The number of benzene rings is 1. The van der Waals surface area contributed by atoms with E-state index in [4.69, 9.17) is 0 Å². The summed E-state index contributed by atoms with van der Waals surface area (Å²) in [6, 6.07) is 7.01. The van der Waals surface area contributed by atoms with Crippen LogP contribution in [0.5, 0.6) is 0 Å². The van der Waals surface area contributed by atoms with Crippen molar-refractivity contribution >= 4 is 15.5 Å². The maximum Gasteiger partial charge on any atom is 0.201 e. The fourth-order valence-corrected chi connectivity index (χ4v) is 2.88. The Morgan fingerprint density at radius 2 is 1.76 bits per heavy atom. The van der Waals surface area contributed by atoms with E-state index >= 15 is 0 Å². The Bertz CT molecular complexity index is 502. The number of allylic oxidation sites excluding steroid dienone is 1. The fraction of sp³-hybridized carbons (Fsp3) is 0.385. The SMILES string of the molecule is CC(C)/C=C/S(=O)(=O)c1ccccc1N(C)C. The monoisotopic (exact) mass is 253 g/mol. The van der Waals surface area contributed by atoms with Crippen molar-refractivity contribution in [2.24, 2.45) is 5.92 Å². The molecule has 3 nitrogen and oxygen atoms in total. The van der Waals surface area contributed by atoms with Crippen LogP contribution in [0.3, 0.4) is 0 Å². The molecule has 0 amide bonds. The summed E-state index contributed by atoms with van der Waals surface area (Å²) < 4.78 is 24.3. The molecule has 17 heavy (non-hydrogen) atoms. The van der Waals surface area contributed by atoms with Gasteiger partial charge in [0.05, 0.1) is 10.6 Å². The minimum absolute atomic E-state index is 0.219. The predicted molar refractivity (Wildman–Crippen MR) is 71.9 cm³/mol. The van der Waals surface area contributed by atoms with Gasteiger partial charge < -0.3 is 4.90 Å². The molecule has 0 N–H and O–H groups in total. The van der Waals surface area contributed by atoms with Crippen molar-refractivity contribution in [3.63, 3.8) is 0 Å². The Morgan fingerprint density at radius 3 is 2.29 bits per heavy atom. The van der Waals surface area contributed by atoms with E-state index in [1.54, 1.807) is 29.2 Å². The number of nitrogens with zero attached hydrogens (tertiary/aromatic N) is 1. The molecule has 94 valence electrons. The number of hydrogen-bond donors (Lipinski definition) is 0. The van der Waals surface area contributed by atoms with Crippen molar-refractivity contribution in [3.05, 3.63) is 35.7 Å². The number of para-hydroxylation sites is 1. The summed E-state index contributed by atoms with van der Waals surface area (Å²) in [6.07, 6.45) is 1.70. The van der Waals surface area contributed by atoms with Crippen LogP contribution in [-0.4, -0.2) is 22.5 Å². The topological polar surface area (TPSA) is 37.4 Å². The lowest BCUT2D eigenvalue weighted by Crippen LogP contribution is -2.13. The largest absolute Gasteiger partial charge is 0.377 e. The van der Waals surface area contributed by atoms with Gasteiger partial charge in [-0.2, -0.15) is 0 Å². The Morgan fingerprint density at radius 1 is 1.18 bits per heavy atom. The van der Waals surface area contributed by atoms with E-state index in [1.807, 2.05) is 34.0 Å². The highest BCUT2D eigenvalue weighted by Crippen LogP contribution is 2.25. The summed E-state index contributed by atoms with van der Waals surface area (Å²) in [5.41, 5.74) is 0.709. The molecule has 1 rings (SSSR count). The third-order valence-electron chi connectivity index (χ3n) is 2.30. The number of anilines is 1. The summed E-state index contributed by atoms with van der Waals surface area (Å²) in [7, 11) is 0.314. The molecule has 0 saturated heterocycles. The van der Waals surface area contributed by atoms with E-state index in [0.717, 1.165) is 0 Å². The molecule has 0 heterocycles. The molecule has 0 unspecified atom stereocenters. The van der Waals surface area contributed by atoms with E-state index in [9.17, 15) is 8.42 Å². The molecule has 0 atom stereocenters. The lowest BCUT2D eigenvalue weighted by Gasteiger charge is -2.16. The second-order valence-corrected chi connectivity index (χ2v) is 6.28. The number of rotatable bonds is 4. The molecule has 0 saturated carbocycles. The summed E-state index contributed by atoms with van der Waals surface area (Å²) in [5, 5.41) is 1.29. The van der Waals surface area contributed by atoms with Crippen LogP contribution in [0.4, 0.5) is 5.69 Å². The first kappa shape index (κ1) is 13.8. The maximum absolute atomic E-state index is 12.1. The van der Waals surface area contributed by atoms with Gasteiger partial charge in [-0.25, -0.2) is 8.42 Å². The molecule has 0 spiro atoms. The first-order valence-electron chi connectivity index (χ1n) is 5.54. The van der Waals surface area contributed by atoms with Gasteiger partial charge in [0, 0.05) is 19.5 Å². The standard InChI is InChI=1S/C13H19NO2S/c1-11(2)9-10-17(15,16)13-8-6-5-7-12(13)14(3)4/h5-11H,1-4H3/b10-9+. The van der Waals surface area contributed by atoms with Gasteiger partial charge in [0.15, 0.2) is 0 Å². The van der Waals surface area contributed by atoms with Crippen molar-refractivity contribution in [3.8, 4) is 0 Å². The summed E-state index contributed by atoms with van der Waals surface area (Å²) in [4.78, 5) is 2.15. The molecule has 0 aliphatic carbocycles. The average Bonchev–Trinajstić information content (AvgIpc) is 2.26. The van der Waals surface area contributed by atoms with Gasteiger partial charge in [-0.3, -0.25) is 0 Å². The Kier molecular flexibility index (Phi) is 4.34. The predicted octanol–water partition coefficient (Wildman–Crippen LogP) is 2.70. The zero-order chi connectivity index (χ0) is 13.1. The third-order valence-corrected chi connectivity index (χ3v) is 3.77. The van der Waals surface area contributed by atoms with Crippen LogP contribution < -0.4 is 4.90 Å². The zero-order valence-corrected chi connectivity index (χ0v) is 11.5. The smallest absolute Gasteiger partial charge is 0.201 e. The van der Waals surface area contributed by atoms with Gasteiger partial charge in [0.2, 0.25) is 9.84 Å². The molecule has 1 aromatic rings.